The third kappa shape index (κ3) is 7.09. The number of thioether (sulfide) groups is 1. The summed E-state index contributed by atoms with van der Waals surface area (Å²) in [6.07, 6.45) is 6.42. The van der Waals surface area contributed by atoms with Crippen molar-refractivity contribution in [2.75, 3.05) is 0 Å². The first kappa shape index (κ1) is 33.1. The van der Waals surface area contributed by atoms with Gasteiger partial charge in [-0.2, -0.15) is 0 Å². The Labute approximate surface area is 274 Å². The highest BCUT2D eigenvalue weighted by Gasteiger charge is 2.45. The van der Waals surface area contributed by atoms with Crippen molar-refractivity contribution >= 4 is 28.6 Å². The summed E-state index contributed by atoms with van der Waals surface area (Å²) in [7, 11) is 0. The quantitative estimate of drug-likeness (QED) is 0.131. The summed E-state index contributed by atoms with van der Waals surface area (Å²) in [5.41, 5.74) is 4.31. The Morgan fingerprint density at radius 2 is 1.76 bits per heavy atom. The largest absolute Gasteiger partial charge is 0.487 e. The van der Waals surface area contributed by atoms with Gasteiger partial charge in [0.05, 0.1) is 23.0 Å². The van der Waals surface area contributed by atoms with Gasteiger partial charge < -0.3 is 14.8 Å². The van der Waals surface area contributed by atoms with Crippen LogP contribution in [0.2, 0.25) is 0 Å². The van der Waals surface area contributed by atoms with E-state index in [2.05, 4.69) is 40.7 Å². The highest BCUT2D eigenvalue weighted by atomic mass is 32.2. The monoisotopic (exact) mass is 640 g/mol. The number of benzene rings is 2. The molecule has 0 aliphatic heterocycles. The zero-order valence-corrected chi connectivity index (χ0v) is 28.0. The normalized spacial score (nSPS) is 12.8. The number of nitrogens with zero attached hydrogens (tertiary/aromatic N) is 3. The van der Waals surface area contributed by atoms with Gasteiger partial charge >= 0.3 is 5.97 Å². The first-order valence-electron chi connectivity index (χ1n) is 15.6. The number of hydrogen-bond donors (Lipinski definition) is 2. The third-order valence-corrected chi connectivity index (χ3v) is 9.76. The van der Waals surface area contributed by atoms with Gasteiger partial charge in [-0.3, -0.25) is 19.7 Å². The van der Waals surface area contributed by atoms with Gasteiger partial charge in [-0.15, -0.1) is 11.8 Å². The van der Waals surface area contributed by atoms with Crippen molar-refractivity contribution in [3.05, 3.63) is 102 Å². The predicted octanol–water partition coefficient (Wildman–Crippen LogP) is 9.15. The van der Waals surface area contributed by atoms with Crippen LogP contribution in [0.5, 0.6) is 5.75 Å². The Bertz CT molecular complexity index is 1810. The number of carbonyl (C=O) groups is 1. The highest BCUT2D eigenvalue weighted by molar-refractivity contribution is 8.00. The third-order valence-electron chi connectivity index (χ3n) is 8.51. The number of hydrogen-bond acceptors (Lipinski definition) is 6. The van der Waals surface area contributed by atoms with Crippen LogP contribution in [0.25, 0.3) is 22.2 Å². The second kappa shape index (κ2) is 13.6. The highest BCUT2D eigenvalue weighted by Crippen LogP contribution is 2.50. The van der Waals surface area contributed by atoms with Crippen molar-refractivity contribution in [1.29, 1.82) is 0 Å². The summed E-state index contributed by atoms with van der Waals surface area (Å²) in [4.78, 5) is 30.8. The number of H-pyrrole nitrogens is 1. The molecule has 46 heavy (non-hydrogen) atoms. The van der Waals surface area contributed by atoms with Crippen LogP contribution in [0.4, 0.5) is 4.39 Å². The van der Waals surface area contributed by atoms with Gasteiger partial charge in [0.15, 0.2) is 0 Å². The number of ether oxygens (including phenoxy) is 1. The fourth-order valence-electron chi connectivity index (χ4n) is 5.97. The van der Waals surface area contributed by atoms with E-state index in [0.717, 1.165) is 38.4 Å². The fourth-order valence-corrected chi connectivity index (χ4v) is 7.16. The van der Waals surface area contributed by atoms with Crippen LogP contribution in [-0.4, -0.2) is 35.8 Å². The lowest BCUT2D eigenvalue weighted by Crippen LogP contribution is -2.38. The lowest BCUT2D eigenvalue weighted by atomic mass is 9.67. The first-order chi connectivity index (χ1) is 21.9. The number of carboxylic acid groups (broad SMARTS) is 1. The Kier molecular flexibility index (Phi) is 9.82. The summed E-state index contributed by atoms with van der Waals surface area (Å²) in [5.74, 6) is -0.877. The molecule has 2 N–H and O–H groups in total. The number of aryl methyl sites for hydroxylation is 1. The van der Waals surface area contributed by atoms with E-state index in [1.165, 1.54) is 6.07 Å². The van der Waals surface area contributed by atoms with Crippen LogP contribution in [0.15, 0.2) is 78.1 Å². The van der Waals surface area contributed by atoms with Crippen molar-refractivity contribution in [3.63, 3.8) is 0 Å². The van der Waals surface area contributed by atoms with Gasteiger partial charge in [-0.25, -0.2) is 4.39 Å². The first-order valence-corrected chi connectivity index (χ1v) is 16.4. The summed E-state index contributed by atoms with van der Waals surface area (Å²) in [6, 6.07) is 16.5. The van der Waals surface area contributed by atoms with Crippen LogP contribution >= 0.6 is 11.8 Å². The molecule has 0 fully saturated rings. The molecule has 0 spiro atoms. The van der Waals surface area contributed by atoms with Gasteiger partial charge in [0.2, 0.25) is 0 Å². The second-order valence-corrected chi connectivity index (χ2v) is 14.5. The molecule has 0 bridgehead atoms. The maximum atomic E-state index is 14.5. The molecule has 0 saturated carbocycles. The minimum atomic E-state index is -1.02. The Hall–Kier alpha value is -4.24. The summed E-state index contributed by atoms with van der Waals surface area (Å²) >= 11 is 1.73. The molecule has 0 aliphatic rings. The minimum absolute atomic E-state index is 0.151. The molecule has 3 aromatic heterocycles. The Balaban J connectivity index is 1.59. The van der Waals surface area contributed by atoms with E-state index >= 15 is 0 Å². The van der Waals surface area contributed by atoms with E-state index in [4.69, 9.17) is 4.74 Å². The summed E-state index contributed by atoms with van der Waals surface area (Å²) in [5, 5.41) is 11.8. The van der Waals surface area contributed by atoms with Crippen LogP contribution in [-0.2, 0) is 17.8 Å². The zero-order chi connectivity index (χ0) is 33.1. The molecule has 3 heterocycles. The van der Waals surface area contributed by atoms with Crippen LogP contribution in [0.1, 0.15) is 76.0 Å². The lowest BCUT2D eigenvalue weighted by Gasteiger charge is -2.36. The number of pyridine rings is 1. The van der Waals surface area contributed by atoms with Crippen molar-refractivity contribution in [2.24, 2.45) is 5.41 Å². The van der Waals surface area contributed by atoms with E-state index in [-0.39, 0.29) is 23.1 Å². The maximum Gasteiger partial charge on any atom is 0.310 e. The predicted molar refractivity (Wildman–Crippen MR) is 182 cm³/mol. The average Bonchev–Trinajstić information content (AvgIpc) is 3.37. The van der Waals surface area contributed by atoms with Crippen LogP contribution in [0.3, 0.4) is 0 Å². The second-order valence-electron chi connectivity index (χ2n) is 12.7. The summed E-state index contributed by atoms with van der Waals surface area (Å²) in [6.45, 7) is 12.6. The molecule has 2 aromatic carbocycles. The molecular formula is C37H41FN4O3S. The van der Waals surface area contributed by atoms with Crippen molar-refractivity contribution in [1.82, 2.24) is 19.9 Å². The lowest BCUT2D eigenvalue weighted by molar-refractivity contribution is -0.151. The van der Waals surface area contributed by atoms with Crippen molar-refractivity contribution in [2.45, 2.75) is 83.0 Å². The van der Waals surface area contributed by atoms with Gasteiger partial charge in [0, 0.05) is 50.1 Å². The van der Waals surface area contributed by atoms with Gasteiger partial charge in [0.25, 0.3) is 0 Å². The molecule has 1 atom stereocenters. The molecule has 240 valence electrons. The molecule has 9 heteroatoms. The number of aromatic nitrogens is 4. The molecule has 0 amide bonds. The average molecular weight is 641 g/mol. The molecule has 7 nitrogen and oxygen atoms in total. The number of halogens is 1. The Morgan fingerprint density at radius 1 is 1.02 bits per heavy atom. The van der Waals surface area contributed by atoms with E-state index in [0.29, 0.717) is 36.3 Å². The fraction of sp³-hybridized carbons (Fsp3) is 0.351. The number of aromatic amines is 1. The zero-order valence-electron chi connectivity index (χ0n) is 27.2. The van der Waals surface area contributed by atoms with E-state index in [9.17, 15) is 14.3 Å². The van der Waals surface area contributed by atoms with E-state index < -0.39 is 11.4 Å². The molecular weight excluding hydrogens is 599 g/mol. The van der Waals surface area contributed by atoms with Gasteiger partial charge in [-0.05, 0) is 62.1 Å². The number of fused-ring (bicyclic) bond motifs is 1. The maximum absolute atomic E-state index is 14.5. The van der Waals surface area contributed by atoms with Crippen LogP contribution < -0.4 is 4.74 Å². The molecule has 0 saturated heterocycles. The molecule has 0 radical (unpaired) electrons. The minimum Gasteiger partial charge on any atom is -0.487 e. The smallest absolute Gasteiger partial charge is 0.310 e. The van der Waals surface area contributed by atoms with Crippen LogP contribution in [0, 0.1) is 18.2 Å². The molecule has 5 rings (SSSR count). The molecule has 0 aliphatic carbocycles. The Morgan fingerprint density at radius 3 is 2.37 bits per heavy atom. The number of rotatable bonds is 12. The standard InChI is InChI=1S/C37H41FN4O3S/c1-7-37(8-2,35(43)44)29(18-24-11-13-25(14-12-24)32-30(38)10-9-17-39-32)33-34(46-36(4,5)6)28-19-27(15-16-31(28)42-33)45-22-26-21-40-23(3)20-41-26/h9-17,19-21,29,42H,7-8,18,22H2,1-6H3,(H,43,44). The van der Waals surface area contributed by atoms with E-state index in [1.807, 2.05) is 63.2 Å². The SMILES string of the molecule is CCC(CC)(C(=O)O)C(Cc1ccc(-c2ncccc2F)cc1)c1[nH]c2ccc(OCc3cnc(C)cn3)cc2c1SC(C)(C)C. The van der Waals surface area contributed by atoms with Crippen molar-refractivity contribution in [3.8, 4) is 17.0 Å². The van der Waals surface area contributed by atoms with Gasteiger partial charge in [0.1, 0.15) is 23.9 Å². The number of nitrogens with one attached hydrogen (secondary N) is 1. The summed E-state index contributed by atoms with van der Waals surface area (Å²) < 4.78 is 20.4. The van der Waals surface area contributed by atoms with Gasteiger partial charge in [-0.1, -0.05) is 58.9 Å². The molecule has 1 unspecified atom stereocenters. The molecule has 5 aromatic rings. The number of aliphatic carboxylic acids is 1. The van der Waals surface area contributed by atoms with E-state index in [1.54, 1.807) is 36.4 Å². The van der Waals surface area contributed by atoms with Crippen molar-refractivity contribution < 1.29 is 19.0 Å². The number of carboxylic acids is 1. The topological polar surface area (TPSA) is 101 Å².